The number of halogens is 4. The lowest BCUT2D eigenvalue weighted by Gasteiger charge is -2.11. The van der Waals surface area contributed by atoms with E-state index in [1.54, 1.807) is 24.3 Å². The van der Waals surface area contributed by atoms with Crippen molar-refractivity contribution in [2.75, 3.05) is 4.72 Å². The first-order valence-corrected chi connectivity index (χ1v) is 8.63. The van der Waals surface area contributed by atoms with E-state index in [9.17, 15) is 8.42 Å². The van der Waals surface area contributed by atoms with E-state index in [-0.39, 0.29) is 14.9 Å². The molecular weight excluding hydrogens is 408 g/mol. The molecule has 0 unspecified atom stereocenters. The molecule has 0 atom stereocenters. The molecule has 3 nitrogen and oxygen atoms in total. The van der Waals surface area contributed by atoms with Crippen molar-refractivity contribution in [1.82, 2.24) is 0 Å². The average molecular weight is 416 g/mol. The molecule has 0 saturated carbocycles. The second kappa shape index (κ2) is 6.12. The smallest absolute Gasteiger partial charge is 0.264 e. The second-order valence-corrected chi connectivity index (χ2v) is 7.60. The van der Waals surface area contributed by atoms with Crippen molar-refractivity contribution in [2.24, 2.45) is 0 Å². The first-order chi connectivity index (χ1) is 9.29. The number of rotatable bonds is 3. The van der Waals surface area contributed by atoms with Gasteiger partial charge in [0.05, 0.1) is 10.0 Å². The third kappa shape index (κ3) is 3.59. The summed E-state index contributed by atoms with van der Waals surface area (Å²) in [5.41, 5.74) is 0.365. The van der Waals surface area contributed by atoms with E-state index < -0.39 is 10.0 Å². The van der Waals surface area contributed by atoms with Crippen LogP contribution in [0.2, 0.25) is 15.1 Å². The zero-order valence-corrected chi connectivity index (χ0v) is 14.4. The molecule has 2 aromatic rings. The number of anilines is 1. The highest BCUT2D eigenvalue weighted by atomic mass is 79.9. The molecule has 2 rings (SSSR count). The summed E-state index contributed by atoms with van der Waals surface area (Å²) in [6, 6.07) is 9.16. The maximum atomic E-state index is 12.3. The molecule has 0 heterocycles. The van der Waals surface area contributed by atoms with E-state index in [1.807, 2.05) is 0 Å². The summed E-state index contributed by atoms with van der Waals surface area (Å²) in [7, 11) is -3.88. The number of nitrogens with one attached hydrogen (secondary N) is 1. The summed E-state index contributed by atoms with van der Waals surface area (Å²) in [4.78, 5) is -0.168. The Morgan fingerprint density at radius 3 is 1.95 bits per heavy atom. The lowest BCUT2D eigenvalue weighted by molar-refractivity contribution is 0.601. The van der Waals surface area contributed by atoms with Crippen LogP contribution in [0.3, 0.4) is 0 Å². The Bertz CT molecular complexity index is 725. The molecule has 20 heavy (non-hydrogen) atoms. The second-order valence-electron chi connectivity index (χ2n) is 3.81. The summed E-state index contributed by atoms with van der Waals surface area (Å²) >= 11 is 20.8. The predicted molar refractivity (Wildman–Crippen MR) is 86.4 cm³/mol. The fourth-order valence-corrected chi connectivity index (χ4v) is 4.63. The molecule has 0 amide bonds. The molecular formula is C12H7BrCl3NO2S. The van der Waals surface area contributed by atoms with Crippen LogP contribution in [-0.2, 0) is 10.0 Å². The minimum Gasteiger partial charge on any atom is -0.280 e. The molecule has 0 aromatic heterocycles. The molecule has 2 aromatic carbocycles. The van der Waals surface area contributed by atoms with Gasteiger partial charge in [0.1, 0.15) is 4.90 Å². The molecule has 0 aliphatic rings. The fourth-order valence-electron chi connectivity index (χ4n) is 1.51. The Hall–Kier alpha value is -0.460. The van der Waals surface area contributed by atoms with Crippen LogP contribution in [-0.4, -0.2) is 8.42 Å². The number of hydrogen-bond donors (Lipinski definition) is 1. The minimum absolute atomic E-state index is 0.0332. The molecule has 0 radical (unpaired) electrons. The van der Waals surface area contributed by atoms with Crippen molar-refractivity contribution < 1.29 is 8.42 Å². The highest BCUT2D eigenvalue weighted by molar-refractivity contribution is 9.10. The molecule has 0 spiro atoms. The van der Waals surface area contributed by atoms with Gasteiger partial charge in [-0.25, -0.2) is 8.42 Å². The van der Waals surface area contributed by atoms with Crippen molar-refractivity contribution in [2.45, 2.75) is 4.90 Å². The van der Waals surface area contributed by atoms with Gasteiger partial charge in [0.25, 0.3) is 10.0 Å². The van der Waals surface area contributed by atoms with E-state index >= 15 is 0 Å². The zero-order valence-electron chi connectivity index (χ0n) is 9.70. The summed E-state index contributed by atoms with van der Waals surface area (Å²) in [6.45, 7) is 0. The van der Waals surface area contributed by atoms with E-state index in [1.165, 1.54) is 12.1 Å². The largest absolute Gasteiger partial charge is 0.280 e. The molecule has 0 aliphatic heterocycles. The van der Waals surface area contributed by atoms with Gasteiger partial charge in [0.15, 0.2) is 0 Å². The third-order valence-electron chi connectivity index (χ3n) is 2.33. The van der Waals surface area contributed by atoms with Gasteiger partial charge in [-0.3, -0.25) is 4.72 Å². The SMILES string of the molecule is O=S(=O)(Nc1ccc(Cl)cc1)c1c(Cl)cc(Br)cc1Cl. The Morgan fingerprint density at radius 2 is 1.45 bits per heavy atom. The third-order valence-corrected chi connectivity index (χ3v) is 5.34. The highest BCUT2D eigenvalue weighted by Gasteiger charge is 2.22. The molecule has 1 N–H and O–H groups in total. The molecule has 0 bridgehead atoms. The van der Waals surface area contributed by atoms with Gasteiger partial charge < -0.3 is 0 Å². The van der Waals surface area contributed by atoms with Crippen molar-refractivity contribution >= 4 is 66.4 Å². The standard InChI is InChI=1S/C12H7BrCl3NO2S/c13-7-5-10(15)12(11(16)6-7)20(18,19)17-9-3-1-8(14)2-4-9/h1-6,17H. The van der Waals surface area contributed by atoms with Crippen molar-refractivity contribution in [3.63, 3.8) is 0 Å². The number of hydrogen-bond acceptors (Lipinski definition) is 2. The first kappa shape index (κ1) is 15.9. The summed E-state index contributed by atoms with van der Waals surface area (Å²) in [5.74, 6) is 0. The first-order valence-electron chi connectivity index (χ1n) is 5.22. The van der Waals surface area contributed by atoms with Crippen molar-refractivity contribution in [3.05, 3.63) is 55.9 Å². The fraction of sp³-hybridized carbons (Fsp3) is 0. The van der Waals surface area contributed by atoms with E-state index in [0.29, 0.717) is 15.2 Å². The highest BCUT2D eigenvalue weighted by Crippen LogP contribution is 2.33. The topological polar surface area (TPSA) is 46.2 Å². The van der Waals surface area contributed by atoms with E-state index in [4.69, 9.17) is 34.8 Å². The lowest BCUT2D eigenvalue weighted by Crippen LogP contribution is -2.14. The molecule has 0 fully saturated rings. The average Bonchev–Trinajstić information content (AvgIpc) is 2.30. The Morgan fingerprint density at radius 1 is 0.950 bits per heavy atom. The maximum Gasteiger partial charge on any atom is 0.264 e. The van der Waals surface area contributed by atoms with Gasteiger partial charge in [0, 0.05) is 15.2 Å². The van der Waals surface area contributed by atoms with Gasteiger partial charge >= 0.3 is 0 Å². The summed E-state index contributed by atoms with van der Waals surface area (Å²) < 4.78 is 27.6. The van der Waals surface area contributed by atoms with Crippen LogP contribution in [0.15, 0.2) is 45.8 Å². The monoisotopic (exact) mass is 413 g/mol. The lowest BCUT2D eigenvalue weighted by atomic mass is 10.3. The van der Waals surface area contributed by atoms with Crippen LogP contribution in [0, 0.1) is 0 Å². The van der Waals surface area contributed by atoms with Crippen molar-refractivity contribution in [1.29, 1.82) is 0 Å². The zero-order chi connectivity index (χ0) is 14.9. The van der Waals surface area contributed by atoms with Crippen LogP contribution in [0.4, 0.5) is 5.69 Å². The van der Waals surface area contributed by atoms with Gasteiger partial charge in [-0.1, -0.05) is 50.7 Å². The van der Waals surface area contributed by atoms with Crippen LogP contribution in [0.25, 0.3) is 0 Å². The van der Waals surface area contributed by atoms with Gasteiger partial charge in [-0.05, 0) is 36.4 Å². The van der Waals surface area contributed by atoms with Gasteiger partial charge in [0.2, 0.25) is 0 Å². The quantitative estimate of drug-likeness (QED) is 0.748. The maximum absolute atomic E-state index is 12.3. The molecule has 0 saturated heterocycles. The molecule has 8 heteroatoms. The molecule has 0 aliphatic carbocycles. The Kier molecular flexibility index (Phi) is 4.87. The van der Waals surface area contributed by atoms with Crippen LogP contribution in [0.1, 0.15) is 0 Å². The van der Waals surface area contributed by atoms with Gasteiger partial charge in [-0.2, -0.15) is 0 Å². The van der Waals surface area contributed by atoms with Gasteiger partial charge in [-0.15, -0.1) is 0 Å². The molecule has 106 valence electrons. The van der Waals surface area contributed by atoms with Crippen molar-refractivity contribution in [3.8, 4) is 0 Å². The minimum atomic E-state index is -3.88. The van der Waals surface area contributed by atoms with E-state index in [0.717, 1.165) is 0 Å². The van der Waals surface area contributed by atoms with E-state index in [2.05, 4.69) is 20.7 Å². The Labute approximate surface area is 140 Å². The number of sulfonamides is 1. The summed E-state index contributed by atoms with van der Waals surface area (Å²) in [5, 5.41) is 0.573. The predicted octanol–water partition coefficient (Wildman–Crippen LogP) is 5.21. The normalized spacial score (nSPS) is 11.4. The van der Waals surface area contributed by atoms with Crippen LogP contribution >= 0.6 is 50.7 Å². The Balaban J connectivity index is 2.43. The van der Waals surface area contributed by atoms with Crippen LogP contribution in [0.5, 0.6) is 0 Å². The number of benzene rings is 2. The summed E-state index contributed by atoms with van der Waals surface area (Å²) in [6.07, 6.45) is 0. The van der Waals surface area contributed by atoms with Crippen LogP contribution < -0.4 is 4.72 Å².